The molecule has 5 heteroatoms. The van der Waals surface area contributed by atoms with Gasteiger partial charge in [-0.25, -0.2) is 0 Å². The summed E-state index contributed by atoms with van der Waals surface area (Å²) in [6, 6.07) is 4.58. The van der Waals surface area contributed by atoms with E-state index in [9.17, 15) is 9.90 Å². The number of methoxy groups -OCH3 is 1. The minimum absolute atomic E-state index is 0.238. The van der Waals surface area contributed by atoms with Gasteiger partial charge < -0.3 is 9.84 Å². The molecule has 1 saturated carbocycles. The standard InChI is InChI=1S/C14H18ClNO3/c1-19-11-8-4-7-10(15)12(11)13(14(17)18)16-9-5-2-3-6-9/h4,7-9,13,16H,2-3,5-6H2,1H3,(H,17,18). The Balaban J connectivity index is 2.30. The van der Waals surface area contributed by atoms with E-state index in [1.54, 1.807) is 18.2 Å². The van der Waals surface area contributed by atoms with Gasteiger partial charge in [-0.3, -0.25) is 10.1 Å². The highest BCUT2D eigenvalue weighted by Crippen LogP contribution is 2.33. The average Bonchev–Trinajstić information content (AvgIpc) is 2.89. The molecule has 1 aromatic rings. The SMILES string of the molecule is COc1cccc(Cl)c1C(NC1CCCC1)C(=O)O. The van der Waals surface area contributed by atoms with Gasteiger partial charge in [0.25, 0.3) is 0 Å². The Bertz CT molecular complexity index is 458. The smallest absolute Gasteiger partial charge is 0.325 e. The van der Waals surface area contributed by atoms with Gasteiger partial charge in [0.15, 0.2) is 0 Å². The van der Waals surface area contributed by atoms with Crippen LogP contribution in [0.4, 0.5) is 0 Å². The largest absolute Gasteiger partial charge is 0.496 e. The summed E-state index contributed by atoms with van der Waals surface area (Å²) < 4.78 is 5.23. The lowest BCUT2D eigenvalue weighted by molar-refractivity contribution is -0.140. The summed E-state index contributed by atoms with van der Waals surface area (Å²) in [5.74, 6) is -0.427. The van der Waals surface area contributed by atoms with Crippen molar-refractivity contribution in [2.75, 3.05) is 7.11 Å². The molecule has 0 bridgehead atoms. The topological polar surface area (TPSA) is 58.6 Å². The van der Waals surface area contributed by atoms with Crippen LogP contribution >= 0.6 is 11.6 Å². The van der Waals surface area contributed by atoms with Crippen LogP contribution in [-0.2, 0) is 4.79 Å². The number of ether oxygens (including phenoxy) is 1. The van der Waals surface area contributed by atoms with Crippen molar-refractivity contribution in [3.05, 3.63) is 28.8 Å². The molecule has 0 radical (unpaired) electrons. The summed E-state index contributed by atoms with van der Waals surface area (Å²) in [6.07, 6.45) is 4.31. The Hall–Kier alpha value is -1.26. The highest BCUT2D eigenvalue weighted by atomic mass is 35.5. The summed E-state index contributed by atoms with van der Waals surface area (Å²) in [5.41, 5.74) is 0.506. The molecule has 4 nitrogen and oxygen atoms in total. The first-order valence-corrected chi connectivity index (χ1v) is 6.82. The zero-order valence-corrected chi connectivity index (χ0v) is 11.6. The molecule has 0 saturated heterocycles. The van der Waals surface area contributed by atoms with E-state index in [1.165, 1.54) is 7.11 Å². The van der Waals surface area contributed by atoms with Crippen LogP contribution < -0.4 is 10.1 Å². The van der Waals surface area contributed by atoms with Gasteiger partial charge in [-0.1, -0.05) is 30.5 Å². The number of carboxylic acid groups (broad SMARTS) is 1. The van der Waals surface area contributed by atoms with E-state index in [2.05, 4.69) is 5.32 Å². The first-order chi connectivity index (χ1) is 9.13. The van der Waals surface area contributed by atoms with Crippen molar-refractivity contribution in [3.8, 4) is 5.75 Å². The van der Waals surface area contributed by atoms with Gasteiger partial charge in [0, 0.05) is 16.6 Å². The molecule has 0 aromatic heterocycles. The second kappa shape index (κ2) is 6.26. The molecule has 1 aliphatic rings. The predicted octanol–water partition coefficient (Wildman–Crippen LogP) is 3.01. The molecule has 1 aliphatic carbocycles. The summed E-state index contributed by atoms with van der Waals surface area (Å²) >= 11 is 6.15. The highest BCUT2D eigenvalue weighted by Gasteiger charge is 2.29. The minimum Gasteiger partial charge on any atom is -0.496 e. The van der Waals surface area contributed by atoms with Gasteiger partial charge in [-0.15, -0.1) is 0 Å². The third kappa shape index (κ3) is 3.19. The third-order valence-corrected chi connectivity index (χ3v) is 3.86. The molecular weight excluding hydrogens is 266 g/mol. The van der Waals surface area contributed by atoms with Crippen molar-refractivity contribution in [1.29, 1.82) is 0 Å². The number of carboxylic acids is 1. The highest BCUT2D eigenvalue weighted by molar-refractivity contribution is 6.31. The molecule has 1 aromatic carbocycles. The van der Waals surface area contributed by atoms with E-state index in [1.807, 2.05) is 0 Å². The Morgan fingerprint density at radius 3 is 2.74 bits per heavy atom. The number of aliphatic carboxylic acids is 1. The lowest BCUT2D eigenvalue weighted by Gasteiger charge is -2.22. The monoisotopic (exact) mass is 283 g/mol. The van der Waals surface area contributed by atoms with Crippen LogP contribution in [0.5, 0.6) is 5.75 Å². The Kier molecular flexibility index (Phi) is 4.66. The van der Waals surface area contributed by atoms with Crippen molar-refractivity contribution in [2.45, 2.75) is 37.8 Å². The van der Waals surface area contributed by atoms with Crippen molar-refractivity contribution in [3.63, 3.8) is 0 Å². The van der Waals surface area contributed by atoms with Crippen molar-refractivity contribution < 1.29 is 14.6 Å². The van der Waals surface area contributed by atoms with Crippen LogP contribution in [0.15, 0.2) is 18.2 Å². The quantitative estimate of drug-likeness (QED) is 0.872. The number of nitrogens with one attached hydrogen (secondary N) is 1. The van der Waals surface area contributed by atoms with Gasteiger partial charge in [0.1, 0.15) is 11.8 Å². The van der Waals surface area contributed by atoms with Crippen LogP contribution in [0.25, 0.3) is 0 Å². The number of halogens is 1. The van der Waals surface area contributed by atoms with E-state index in [0.717, 1.165) is 25.7 Å². The molecule has 0 aliphatic heterocycles. The van der Waals surface area contributed by atoms with Gasteiger partial charge in [0.2, 0.25) is 0 Å². The lowest BCUT2D eigenvalue weighted by atomic mass is 10.0. The first kappa shape index (κ1) is 14.2. The summed E-state index contributed by atoms with van der Waals surface area (Å²) in [4.78, 5) is 11.5. The number of hydrogen-bond acceptors (Lipinski definition) is 3. The summed E-state index contributed by atoms with van der Waals surface area (Å²) in [7, 11) is 1.52. The third-order valence-electron chi connectivity index (χ3n) is 3.53. The van der Waals surface area contributed by atoms with Gasteiger partial charge in [-0.2, -0.15) is 0 Å². The van der Waals surface area contributed by atoms with Gasteiger partial charge in [-0.05, 0) is 25.0 Å². The second-order valence-corrected chi connectivity index (χ2v) is 5.18. The fraction of sp³-hybridized carbons (Fsp3) is 0.500. The number of hydrogen-bond donors (Lipinski definition) is 2. The number of benzene rings is 1. The summed E-state index contributed by atoms with van der Waals surface area (Å²) in [5, 5.41) is 13.1. The van der Waals surface area contributed by atoms with Crippen molar-refractivity contribution in [1.82, 2.24) is 5.32 Å². The Morgan fingerprint density at radius 2 is 2.16 bits per heavy atom. The zero-order chi connectivity index (χ0) is 13.8. The van der Waals surface area contributed by atoms with Crippen molar-refractivity contribution >= 4 is 17.6 Å². The maximum atomic E-state index is 11.5. The van der Waals surface area contributed by atoms with Gasteiger partial charge >= 0.3 is 5.97 Å². The molecule has 1 fully saturated rings. The Morgan fingerprint density at radius 1 is 1.47 bits per heavy atom. The summed E-state index contributed by atoms with van der Waals surface area (Å²) in [6.45, 7) is 0. The molecule has 0 amide bonds. The molecule has 2 N–H and O–H groups in total. The van der Waals surface area contributed by atoms with E-state index < -0.39 is 12.0 Å². The number of rotatable bonds is 5. The molecule has 1 unspecified atom stereocenters. The minimum atomic E-state index is -0.932. The maximum absolute atomic E-state index is 11.5. The van der Waals surface area contributed by atoms with Crippen LogP contribution in [-0.4, -0.2) is 24.2 Å². The Labute approximate surface area is 117 Å². The first-order valence-electron chi connectivity index (χ1n) is 6.44. The molecule has 2 rings (SSSR count). The average molecular weight is 284 g/mol. The fourth-order valence-corrected chi connectivity index (χ4v) is 2.86. The maximum Gasteiger partial charge on any atom is 0.325 e. The van der Waals surface area contributed by atoms with E-state index in [0.29, 0.717) is 16.3 Å². The predicted molar refractivity (Wildman–Crippen MR) is 73.8 cm³/mol. The zero-order valence-electron chi connectivity index (χ0n) is 10.9. The van der Waals surface area contributed by atoms with Crippen LogP contribution in [0.3, 0.4) is 0 Å². The van der Waals surface area contributed by atoms with E-state index in [4.69, 9.17) is 16.3 Å². The molecule has 0 heterocycles. The van der Waals surface area contributed by atoms with Gasteiger partial charge in [0.05, 0.1) is 7.11 Å². The molecule has 1 atom stereocenters. The molecule has 19 heavy (non-hydrogen) atoms. The molecular formula is C14H18ClNO3. The fourth-order valence-electron chi connectivity index (χ4n) is 2.58. The van der Waals surface area contributed by atoms with E-state index in [-0.39, 0.29) is 6.04 Å². The second-order valence-electron chi connectivity index (χ2n) is 4.78. The van der Waals surface area contributed by atoms with Crippen LogP contribution in [0.1, 0.15) is 37.3 Å². The van der Waals surface area contributed by atoms with Crippen molar-refractivity contribution in [2.24, 2.45) is 0 Å². The van der Waals surface area contributed by atoms with Crippen LogP contribution in [0, 0.1) is 0 Å². The lowest BCUT2D eigenvalue weighted by Crippen LogP contribution is -2.35. The van der Waals surface area contributed by atoms with E-state index >= 15 is 0 Å². The molecule has 0 spiro atoms. The normalized spacial score (nSPS) is 17.4. The van der Waals surface area contributed by atoms with Crippen LogP contribution in [0.2, 0.25) is 5.02 Å². The number of carbonyl (C=O) groups is 1. The molecule has 104 valence electrons.